The van der Waals surface area contributed by atoms with E-state index >= 15 is 0 Å². The summed E-state index contributed by atoms with van der Waals surface area (Å²) < 4.78 is 0. The molecule has 0 aromatic heterocycles. The predicted octanol–water partition coefficient (Wildman–Crippen LogP) is -0.293. The van der Waals surface area contributed by atoms with Crippen molar-refractivity contribution in [2.45, 2.75) is 32.0 Å². The smallest absolute Gasteiger partial charge is 0.122 e. The van der Waals surface area contributed by atoms with Gasteiger partial charge in [0, 0.05) is 6.42 Å². The zero-order chi connectivity index (χ0) is 7.28. The molecule has 0 aromatic rings. The van der Waals surface area contributed by atoms with E-state index in [9.17, 15) is 4.79 Å². The average Bonchev–Trinajstić information content (AvgIpc) is 1.63. The highest BCUT2D eigenvalue weighted by Crippen LogP contribution is 1.98. The zero-order valence-corrected chi connectivity index (χ0v) is 5.45. The molecule has 54 valence electrons. The van der Waals surface area contributed by atoms with Gasteiger partial charge in [-0.05, 0) is 13.3 Å². The molecule has 0 saturated carbocycles. The quantitative estimate of drug-likeness (QED) is 0.517. The van der Waals surface area contributed by atoms with Crippen LogP contribution in [0.5, 0.6) is 0 Å². The molecule has 0 bridgehead atoms. The van der Waals surface area contributed by atoms with Crippen LogP contribution in [0.15, 0.2) is 0 Å². The van der Waals surface area contributed by atoms with Gasteiger partial charge in [0.25, 0.3) is 0 Å². The molecule has 2 unspecified atom stereocenters. The minimum atomic E-state index is -0.678. The molecule has 0 heterocycles. The SMILES string of the molecule is CC(O)CC(O)CC=O. The normalized spacial score (nSPS) is 16.8. The van der Waals surface area contributed by atoms with Crippen LogP contribution in [0.25, 0.3) is 0 Å². The lowest BCUT2D eigenvalue weighted by Gasteiger charge is -2.07. The molecule has 0 radical (unpaired) electrons. The number of rotatable bonds is 4. The van der Waals surface area contributed by atoms with Crippen LogP contribution in [0, 0.1) is 0 Å². The highest BCUT2D eigenvalue weighted by molar-refractivity contribution is 5.49. The van der Waals surface area contributed by atoms with Crippen molar-refractivity contribution in [2.75, 3.05) is 0 Å². The lowest BCUT2D eigenvalue weighted by molar-refractivity contribution is -0.109. The van der Waals surface area contributed by atoms with Gasteiger partial charge in [-0.25, -0.2) is 0 Å². The first-order valence-electron chi connectivity index (χ1n) is 2.96. The molecule has 0 aliphatic rings. The van der Waals surface area contributed by atoms with E-state index in [2.05, 4.69) is 0 Å². The molecule has 0 rings (SSSR count). The largest absolute Gasteiger partial charge is 0.393 e. The molecule has 9 heavy (non-hydrogen) atoms. The van der Waals surface area contributed by atoms with E-state index in [0.717, 1.165) is 0 Å². The Morgan fingerprint density at radius 2 is 2.11 bits per heavy atom. The Morgan fingerprint density at radius 3 is 2.44 bits per heavy atom. The van der Waals surface area contributed by atoms with Gasteiger partial charge < -0.3 is 15.0 Å². The Kier molecular flexibility index (Phi) is 4.26. The Hall–Kier alpha value is -0.410. The molecule has 2 atom stereocenters. The van der Waals surface area contributed by atoms with E-state index in [0.29, 0.717) is 6.29 Å². The van der Waals surface area contributed by atoms with Crippen molar-refractivity contribution in [1.82, 2.24) is 0 Å². The summed E-state index contributed by atoms with van der Waals surface area (Å²) in [6, 6.07) is 0. The number of carbonyl (C=O) groups is 1. The van der Waals surface area contributed by atoms with Crippen LogP contribution in [-0.2, 0) is 4.79 Å². The van der Waals surface area contributed by atoms with E-state index in [1.165, 1.54) is 0 Å². The third-order valence-corrected chi connectivity index (χ3v) is 0.981. The molecule has 0 aliphatic carbocycles. The first-order valence-corrected chi connectivity index (χ1v) is 2.96. The molecule has 0 fully saturated rings. The van der Waals surface area contributed by atoms with Gasteiger partial charge in [-0.15, -0.1) is 0 Å². The van der Waals surface area contributed by atoms with Crippen LogP contribution in [-0.4, -0.2) is 28.7 Å². The van der Waals surface area contributed by atoms with Crippen molar-refractivity contribution >= 4 is 6.29 Å². The summed E-state index contributed by atoms with van der Waals surface area (Å²) in [5.74, 6) is 0. The Balaban J connectivity index is 3.25. The van der Waals surface area contributed by atoms with E-state index in [1.807, 2.05) is 0 Å². The number of hydrogen-bond acceptors (Lipinski definition) is 3. The Labute approximate surface area is 54.3 Å². The average molecular weight is 132 g/mol. The van der Waals surface area contributed by atoms with Crippen molar-refractivity contribution in [3.63, 3.8) is 0 Å². The lowest BCUT2D eigenvalue weighted by Crippen LogP contribution is -2.14. The minimum Gasteiger partial charge on any atom is -0.393 e. The standard InChI is InChI=1S/C6H12O3/c1-5(8)4-6(9)2-3-7/h3,5-6,8-9H,2,4H2,1H3. The topological polar surface area (TPSA) is 57.5 Å². The Morgan fingerprint density at radius 1 is 1.56 bits per heavy atom. The van der Waals surface area contributed by atoms with Gasteiger partial charge in [0.15, 0.2) is 0 Å². The summed E-state index contributed by atoms with van der Waals surface area (Å²) in [5.41, 5.74) is 0. The molecule has 3 heteroatoms. The summed E-state index contributed by atoms with van der Waals surface area (Å²) in [4.78, 5) is 9.76. The fraction of sp³-hybridized carbons (Fsp3) is 0.833. The number of aliphatic hydroxyl groups is 2. The first kappa shape index (κ1) is 8.59. The van der Waals surface area contributed by atoms with Gasteiger partial charge in [-0.3, -0.25) is 0 Å². The van der Waals surface area contributed by atoms with Crippen molar-refractivity contribution < 1.29 is 15.0 Å². The maximum Gasteiger partial charge on any atom is 0.122 e. The minimum absolute atomic E-state index is 0.116. The number of aliphatic hydroxyl groups excluding tert-OH is 2. The second-order valence-electron chi connectivity index (χ2n) is 2.14. The van der Waals surface area contributed by atoms with Crippen LogP contribution in [0.1, 0.15) is 19.8 Å². The van der Waals surface area contributed by atoms with Gasteiger partial charge in [0.1, 0.15) is 6.29 Å². The van der Waals surface area contributed by atoms with Gasteiger partial charge in [0.2, 0.25) is 0 Å². The van der Waals surface area contributed by atoms with Gasteiger partial charge in [-0.2, -0.15) is 0 Å². The van der Waals surface area contributed by atoms with Crippen LogP contribution in [0.2, 0.25) is 0 Å². The number of carbonyl (C=O) groups excluding carboxylic acids is 1. The molecule has 0 saturated heterocycles. The summed E-state index contributed by atoms with van der Waals surface area (Å²) in [5, 5.41) is 17.5. The van der Waals surface area contributed by atoms with Crippen LogP contribution in [0.4, 0.5) is 0 Å². The monoisotopic (exact) mass is 132 g/mol. The second-order valence-corrected chi connectivity index (χ2v) is 2.14. The van der Waals surface area contributed by atoms with Crippen LogP contribution < -0.4 is 0 Å². The summed E-state index contributed by atoms with van der Waals surface area (Å²) in [6.07, 6.45) is -0.168. The predicted molar refractivity (Wildman–Crippen MR) is 33.0 cm³/mol. The van der Waals surface area contributed by atoms with Crippen LogP contribution >= 0.6 is 0 Å². The zero-order valence-electron chi connectivity index (χ0n) is 5.45. The maximum absolute atomic E-state index is 9.76. The second kappa shape index (κ2) is 4.47. The fourth-order valence-electron chi connectivity index (χ4n) is 0.601. The van der Waals surface area contributed by atoms with E-state index < -0.39 is 12.2 Å². The first-order chi connectivity index (χ1) is 4.16. The van der Waals surface area contributed by atoms with Crippen molar-refractivity contribution in [3.05, 3.63) is 0 Å². The van der Waals surface area contributed by atoms with E-state index in [1.54, 1.807) is 6.92 Å². The number of aldehydes is 1. The third-order valence-electron chi connectivity index (χ3n) is 0.981. The summed E-state index contributed by atoms with van der Waals surface area (Å²) in [7, 11) is 0. The molecule has 0 aliphatic heterocycles. The third kappa shape index (κ3) is 5.46. The number of hydrogen-bond donors (Lipinski definition) is 2. The summed E-state index contributed by atoms with van der Waals surface area (Å²) >= 11 is 0. The molecular formula is C6H12O3. The van der Waals surface area contributed by atoms with Gasteiger partial charge >= 0.3 is 0 Å². The molecule has 3 nitrogen and oxygen atoms in total. The fourth-order valence-corrected chi connectivity index (χ4v) is 0.601. The molecule has 0 aromatic carbocycles. The molecular weight excluding hydrogens is 120 g/mol. The van der Waals surface area contributed by atoms with Crippen molar-refractivity contribution in [2.24, 2.45) is 0 Å². The molecule has 0 amide bonds. The summed E-state index contributed by atoms with van der Waals surface area (Å²) in [6.45, 7) is 1.58. The van der Waals surface area contributed by atoms with Crippen molar-refractivity contribution in [1.29, 1.82) is 0 Å². The Bertz CT molecular complexity index is 80.4. The van der Waals surface area contributed by atoms with Gasteiger partial charge in [-0.1, -0.05) is 0 Å². The maximum atomic E-state index is 9.76. The molecule has 0 spiro atoms. The van der Waals surface area contributed by atoms with Gasteiger partial charge in [0.05, 0.1) is 12.2 Å². The lowest BCUT2D eigenvalue weighted by atomic mass is 10.1. The van der Waals surface area contributed by atoms with E-state index in [4.69, 9.17) is 10.2 Å². The highest BCUT2D eigenvalue weighted by atomic mass is 16.3. The highest BCUT2D eigenvalue weighted by Gasteiger charge is 2.05. The van der Waals surface area contributed by atoms with Crippen molar-refractivity contribution in [3.8, 4) is 0 Å². The van der Waals surface area contributed by atoms with E-state index in [-0.39, 0.29) is 12.8 Å². The molecule has 2 N–H and O–H groups in total. The van der Waals surface area contributed by atoms with Crippen LogP contribution in [0.3, 0.4) is 0 Å².